The highest BCUT2D eigenvalue weighted by molar-refractivity contribution is 6.35. The topological polar surface area (TPSA) is 56.5 Å². The summed E-state index contributed by atoms with van der Waals surface area (Å²) >= 11 is 12.3. The summed E-state index contributed by atoms with van der Waals surface area (Å²) in [5, 5.41) is 0.942. The van der Waals surface area contributed by atoms with Crippen LogP contribution in [-0.4, -0.2) is 26.9 Å². The molecule has 0 saturated carbocycles. The lowest BCUT2D eigenvalue weighted by molar-refractivity contribution is 0.0519. The van der Waals surface area contributed by atoms with Crippen LogP contribution in [-0.2, 0) is 4.74 Å². The van der Waals surface area contributed by atoms with E-state index in [-0.39, 0.29) is 12.3 Å². The Kier molecular flexibility index (Phi) is 4.00. The number of ether oxygens (including phenoxy) is 1. The van der Waals surface area contributed by atoms with Crippen molar-refractivity contribution in [3.05, 3.63) is 52.4 Å². The van der Waals surface area contributed by atoms with Gasteiger partial charge in [-0.05, 0) is 31.2 Å². The van der Waals surface area contributed by atoms with E-state index in [2.05, 4.69) is 9.97 Å². The first-order valence-electron chi connectivity index (χ1n) is 6.57. The van der Waals surface area contributed by atoms with Crippen molar-refractivity contribution in [1.82, 2.24) is 14.4 Å². The zero-order chi connectivity index (χ0) is 15.7. The Labute approximate surface area is 136 Å². The van der Waals surface area contributed by atoms with Gasteiger partial charge in [0.2, 0.25) is 5.78 Å². The SMILES string of the molecule is CCOC(=O)c1c(-c2cc(Cl)ccc2Cl)nc2ncccn12. The molecular weight excluding hydrogens is 325 g/mol. The minimum absolute atomic E-state index is 0.259. The maximum absolute atomic E-state index is 12.3. The monoisotopic (exact) mass is 335 g/mol. The lowest BCUT2D eigenvalue weighted by Crippen LogP contribution is -2.09. The summed E-state index contributed by atoms with van der Waals surface area (Å²) in [5.74, 6) is -0.106. The van der Waals surface area contributed by atoms with Gasteiger partial charge in [-0.2, -0.15) is 0 Å². The molecule has 0 atom stereocenters. The van der Waals surface area contributed by atoms with E-state index in [1.54, 1.807) is 48.0 Å². The molecule has 112 valence electrons. The van der Waals surface area contributed by atoms with Crippen LogP contribution < -0.4 is 0 Å². The Morgan fingerprint density at radius 1 is 1.36 bits per heavy atom. The number of nitrogens with zero attached hydrogens (tertiary/aromatic N) is 3. The summed E-state index contributed by atoms with van der Waals surface area (Å²) in [6.45, 7) is 2.00. The Hall–Kier alpha value is -2.11. The quantitative estimate of drug-likeness (QED) is 0.681. The number of carbonyl (C=O) groups excluding carboxylic acids is 1. The third-order valence-electron chi connectivity index (χ3n) is 3.06. The van der Waals surface area contributed by atoms with Gasteiger partial charge >= 0.3 is 5.97 Å². The lowest BCUT2D eigenvalue weighted by Gasteiger charge is -2.06. The number of halogens is 2. The predicted molar refractivity (Wildman–Crippen MR) is 84.4 cm³/mol. The van der Waals surface area contributed by atoms with Gasteiger partial charge in [-0.1, -0.05) is 23.2 Å². The van der Waals surface area contributed by atoms with Crippen LogP contribution in [0.25, 0.3) is 17.0 Å². The number of aromatic nitrogens is 3. The van der Waals surface area contributed by atoms with Gasteiger partial charge in [-0.15, -0.1) is 0 Å². The second kappa shape index (κ2) is 5.94. The molecule has 2 aromatic heterocycles. The van der Waals surface area contributed by atoms with Crippen molar-refractivity contribution in [3.63, 3.8) is 0 Å². The number of carbonyl (C=O) groups is 1. The maximum Gasteiger partial charge on any atom is 0.357 e. The molecule has 0 amide bonds. The average Bonchev–Trinajstić information content (AvgIpc) is 2.89. The maximum atomic E-state index is 12.3. The van der Waals surface area contributed by atoms with Gasteiger partial charge < -0.3 is 4.74 Å². The van der Waals surface area contributed by atoms with Crippen molar-refractivity contribution in [3.8, 4) is 11.3 Å². The molecule has 3 aromatic rings. The number of rotatable bonds is 3. The van der Waals surface area contributed by atoms with E-state index in [0.717, 1.165) is 0 Å². The van der Waals surface area contributed by atoms with Crippen LogP contribution >= 0.6 is 23.2 Å². The standard InChI is InChI=1S/C15H11Cl2N3O2/c1-2-22-14(21)13-12(10-8-9(16)4-5-11(10)17)19-15-18-6-3-7-20(13)15/h3-8H,2H2,1H3. The Morgan fingerprint density at radius 2 is 2.18 bits per heavy atom. The Balaban J connectivity index is 2.31. The molecule has 22 heavy (non-hydrogen) atoms. The number of benzene rings is 1. The summed E-state index contributed by atoms with van der Waals surface area (Å²) in [5.41, 5.74) is 1.22. The molecule has 0 fully saturated rings. The largest absolute Gasteiger partial charge is 0.461 e. The normalized spacial score (nSPS) is 10.9. The fraction of sp³-hybridized carbons (Fsp3) is 0.133. The van der Waals surface area contributed by atoms with Gasteiger partial charge in [0.05, 0.1) is 11.6 Å². The summed E-state index contributed by atoms with van der Waals surface area (Å²) in [4.78, 5) is 20.9. The van der Waals surface area contributed by atoms with Crippen LogP contribution in [0.1, 0.15) is 17.4 Å². The van der Waals surface area contributed by atoms with Crippen LogP contribution in [0, 0.1) is 0 Å². The lowest BCUT2D eigenvalue weighted by atomic mass is 10.1. The minimum atomic E-state index is -0.492. The van der Waals surface area contributed by atoms with Crippen molar-refractivity contribution < 1.29 is 9.53 Å². The molecule has 0 aliphatic carbocycles. The average molecular weight is 336 g/mol. The van der Waals surface area contributed by atoms with Crippen molar-refractivity contribution in [2.45, 2.75) is 6.92 Å². The molecular formula is C15H11Cl2N3O2. The molecule has 0 aliphatic rings. The summed E-state index contributed by atoms with van der Waals surface area (Å²) in [6, 6.07) is 6.70. The highest BCUT2D eigenvalue weighted by Crippen LogP contribution is 2.32. The second-order valence-electron chi connectivity index (χ2n) is 4.44. The molecule has 2 heterocycles. The van der Waals surface area contributed by atoms with Crippen molar-refractivity contribution >= 4 is 34.9 Å². The van der Waals surface area contributed by atoms with Crippen molar-refractivity contribution in [2.75, 3.05) is 6.61 Å². The van der Waals surface area contributed by atoms with Gasteiger partial charge in [-0.25, -0.2) is 14.8 Å². The Bertz CT molecular complexity index is 861. The predicted octanol–water partition coefficient (Wildman–Crippen LogP) is 3.88. The van der Waals surface area contributed by atoms with E-state index in [1.807, 2.05) is 0 Å². The molecule has 0 spiro atoms. The van der Waals surface area contributed by atoms with Gasteiger partial charge in [0.25, 0.3) is 0 Å². The first kappa shape index (κ1) is 14.8. The highest BCUT2D eigenvalue weighted by Gasteiger charge is 2.23. The van der Waals surface area contributed by atoms with E-state index < -0.39 is 5.97 Å². The van der Waals surface area contributed by atoms with Crippen molar-refractivity contribution in [1.29, 1.82) is 0 Å². The number of hydrogen-bond acceptors (Lipinski definition) is 4. The number of esters is 1. The van der Waals surface area contributed by atoms with Crippen LogP contribution in [0.3, 0.4) is 0 Å². The van der Waals surface area contributed by atoms with Crippen LogP contribution in [0.15, 0.2) is 36.7 Å². The summed E-state index contributed by atoms with van der Waals surface area (Å²) < 4.78 is 6.70. The molecule has 0 bridgehead atoms. The molecule has 3 rings (SSSR count). The zero-order valence-corrected chi connectivity index (χ0v) is 13.1. The van der Waals surface area contributed by atoms with E-state index in [1.165, 1.54) is 0 Å². The van der Waals surface area contributed by atoms with Gasteiger partial charge in [0.15, 0.2) is 5.69 Å². The van der Waals surface area contributed by atoms with Gasteiger partial charge in [0.1, 0.15) is 5.69 Å². The smallest absolute Gasteiger partial charge is 0.357 e. The summed E-state index contributed by atoms with van der Waals surface area (Å²) in [7, 11) is 0. The second-order valence-corrected chi connectivity index (χ2v) is 5.29. The molecule has 0 N–H and O–H groups in total. The van der Waals surface area contributed by atoms with E-state index in [0.29, 0.717) is 27.1 Å². The van der Waals surface area contributed by atoms with Crippen LogP contribution in [0.2, 0.25) is 10.0 Å². The van der Waals surface area contributed by atoms with Crippen molar-refractivity contribution in [2.24, 2.45) is 0 Å². The van der Waals surface area contributed by atoms with Crippen LogP contribution in [0.5, 0.6) is 0 Å². The highest BCUT2D eigenvalue weighted by atomic mass is 35.5. The number of imidazole rings is 1. The van der Waals surface area contributed by atoms with E-state index >= 15 is 0 Å². The molecule has 1 aromatic carbocycles. The first-order valence-corrected chi connectivity index (χ1v) is 7.33. The molecule has 0 saturated heterocycles. The minimum Gasteiger partial charge on any atom is -0.461 e. The first-order chi connectivity index (χ1) is 10.6. The fourth-order valence-electron chi connectivity index (χ4n) is 2.15. The number of fused-ring (bicyclic) bond motifs is 1. The molecule has 0 radical (unpaired) electrons. The number of hydrogen-bond donors (Lipinski definition) is 0. The molecule has 0 unspecified atom stereocenters. The molecule has 5 nitrogen and oxygen atoms in total. The van der Waals surface area contributed by atoms with Crippen LogP contribution in [0.4, 0.5) is 0 Å². The fourth-order valence-corrected chi connectivity index (χ4v) is 2.53. The van der Waals surface area contributed by atoms with E-state index in [9.17, 15) is 4.79 Å². The Morgan fingerprint density at radius 3 is 2.95 bits per heavy atom. The summed E-state index contributed by atoms with van der Waals surface area (Å²) in [6.07, 6.45) is 3.30. The zero-order valence-electron chi connectivity index (χ0n) is 11.6. The van der Waals surface area contributed by atoms with E-state index in [4.69, 9.17) is 27.9 Å². The molecule has 0 aliphatic heterocycles. The van der Waals surface area contributed by atoms with Gasteiger partial charge in [0, 0.05) is 23.0 Å². The third kappa shape index (κ3) is 2.53. The third-order valence-corrected chi connectivity index (χ3v) is 3.62. The molecule has 7 heteroatoms. The van der Waals surface area contributed by atoms with Gasteiger partial charge in [-0.3, -0.25) is 4.40 Å².